The normalized spacial score (nSPS) is 24.7. The topological polar surface area (TPSA) is 81.4 Å². The Balaban J connectivity index is 2.58. The van der Waals surface area contributed by atoms with Gasteiger partial charge in [0.15, 0.2) is 11.1 Å². The van der Waals surface area contributed by atoms with Gasteiger partial charge in [-0.05, 0) is 0 Å². The van der Waals surface area contributed by atoms with Gasteiger partial charge in [0.05, 0.1) is 7.11 Å². The third-order valence-electron chi connectivity index (χ3n) is 3.02. The van der Waals surface area contributed by atoms with E-state index in [2.05, 4.69) is 9.84 Å². The van der Waals surface area contributed by atoms with Crippen LogP contribution in [0, 0.1) is 0 Å². The summed E-state index contributed by atoms with van der Waals surface area (Å²) in [4.78, 5) is 22.5. The lowest BCUT2D eigenvalue weighted by Gasteiger charge is -2.10. The lowest BCUT2D eigenvalue weighted by molar-refractivity contribution is -0.142. The molecule has 18 heavy (non-hydrogen) atoms. The van der Waals surface area contributed by atoms with E-state index in [1.807, 2.05) is 0 Å². The summed E-state index contributed by atoms with van der Waals surface area (Å²) < 4.78 is 32.3. The number of aliphatic carboxylic acids is 1. The van der Waals surface area contributed by atoms with Crippen molar-refractivity contribution < 1.29 is 28.2 Å². The Bertz CT molecular complexity index is 540. The second-order valence-electron chi connectivity index (χ2n) is 4.15. The Morgan fingerprint density at radius 1 is 1.56 bits per heavy atom. The molecule has 98 valence electrons. The first-order valence-electron chi connectivity index (χ1n) is 5.00. The molecule has 0 aliphatic heterocycles. The molecule has 0 bridgehead atoms. The first kappa shape index (κ1) is 12.5. The molecule has 1 unspecified atom stereocenters. The monoisotopic (exact) mass is 260 g/mol. The van der Waals surface area contributed by atoms with Gasteiger partial charge >= 0.3 is 11.9 Å². The summed E-state index contributed by atoms with van der Waals surface area (Å²) >= 11 is 0. The van der Waals surface area contributed by atoms with Crippen LogP contribution < -0.4 is 0 Å². The molecule has 8 heteroatoms. The van der Waals surface area contributed by atoms with Crippen LogP contribution in [0.2, 0.25) is 0 Å². The summed E-state index contributed by atoms with van der Waals surface area (Å²) in [5, 5.41) is 12.7. The van der Waals surface area contributed by atoms with Gasteiger partial charge in [-0.15, -0.1) is 0 Å². The van der Waals surface area contributed by atoms with Crippen molar-refractivity contribution in [2.45, 2.75) is 17.8 Å². The molecule has 0 spiro atoms. The lowest BCUT2D eigenvalue weighted by atomic mass is 9.96. The van der Waals surface area contributed by atoms with Crippen LogP contribution in [0.5, 0.6) is 0 Å². The van der Waals surface area contributed by atoms with Gasteiger partial charge in [0.1, 0.15) is 0 Å². The van der Waals surface area contributed by atoms with E-state index in [0.29, 0.717) is 0 Å². The van der Waals surface area contributed by atoms with Crippen LogP contribution in [-0.4, -0.2) is 39.9 Å². The number of alkyl halides is 2. The molecule has 1 aromatic heterocycles. The molecule has 1 heterocycles. The van der Waals surface area contributed by atoms with Crippen LogP contribution in [0.1, 0.15) is 22.5 Å². The fourth-order valence-corrected chi connectivity index (χ4v) is 1.98. The predicted molar refractivity (Wildman–Crippen MR) is 53.4 cm³/mol. The van der Waals surface area contributed by atoms with Gasteiger partial charge in [-0.1, -0.05) is 0 Å². The molecular weight excluding hydrogens is 250 g/mol. The SMILES string of the molecule is COC(=O)c1nn(C)cc1C1(C(=O)O)CC1(F)F. The van der Waals surface area contributed by atoms with Crippen molar-refractivity contribution in [3.63, 3.8) is 0 Å². The molecule has 0 aromatic carbocycles. The molecule has 0 radical (unpaired) electrons. The molecule has 2 rings (SSSR count). The number of nitrogens with zero attached hydrogens (tertiary/aromatic N) is 2. The fourth-order valence-electron chi connectivity index (χ4n) is 1.98. The Morgan fingerprint density at radius 3 is 2.50 bits per heavy atom. The van der Waals surface area contributed by atoms with Crippen molar-refractivity contribution in [2.24, 2.45) is 7.05 Å². The maximum absolute atomic E-state index is 13.4. The first-order valence-corrected chi connectivity index (χ1v) is 5.00. The van der Waals surface area contributed by atoms with E-state index in [-0.39, 0.29) is 11.3 Å². The fraction of sp³-hybridized carbons (Fsp3) is 0.500. The van der Waals surface area contributed by atoms with Gasteiger partial charge < -0.3 is 9.84 Å². The number of methoxy groups -OCH3 is 1. The average Bonchev–Trinajstić information content (AvgIpc) is 2.66. The molecule has 1 saturated carbocycles. The maximum atomic E-state index is 13.4. The number of aromatic nitrogens is 2. The highest BCUT2D eigenvalue weighted by Gasteiger charge is 2.78. The quantitative estimate of drug-likeness (QED) is 0.803. The Labute approximate surface area is 100 Å². The predicted octanol–water partition coefficient (Wildman–Crippen LogP) is 0.568. The van der Waals surface area contributed by atoms with Crippen LogP contribution in [0.3, 0.4) is 0 Å². The van der Waals surface area contributed by atoms with Crippen molar-refractivity contribution in [3.05, 3.63) is 17.5 Å². The highest BCUT2D eigenvalue weighted by atomic mass is 19.3. The molecule has 1 N–H and O–H groups in total. The van der Waals surface area contributed by atoms with Crippen molar-refractivity contribution in [1.82, 2.24) is 9.78 Å². The Kier molecular flexibility index (Phi) is 2.42. The molecule has 0 amide bonds. The molecule has 6 nitrogen and oxygen atoms in total. The summed E-state index contributed by atoms with van der Waals surface area (Å²) in [5.74, 6) is -6.00. The van der Waals surface area contributed by atoms with Gasteiger partial charge in [-0.2, -0.15) is 5.10 Å². The van der Waals surface area contributed by atoms with E-state index < -0.39 is 29.7 Å². The van der Waals surface area contributed by atoms with Crippen LogP contribution in [0.15, 0.2) is 6.20 Å². The second-order valence-corrected chi connectivity index (χ2v) is 4.15. The first-order chi connectivity index (χ1) is 8.26. The average molecular weight is 260 g/mol. The smallest absolute Gasteiger partial charge is 0.358 e. The molecule has 1 aliphatic rings. The van der Waals surface area contributed by atoms with E-state index in [4.69, 9.17) is 5.11 Å². The van der Waals surface area contributed by atoms with Gasteiger partial charge in [0.25, 0.3) is 5.92 Å². The number of esters is 1. The van der Waals surface area contributed by atoms with Crippen molar-refractivity contribution in [3.8, 4) is 0 Å². The van der Waals surface area contributed by atoms with Crippen LogP contribution in [-0.2, 0) is 22.0 Å². The Morgan fingerprint density at radius 2 is 2.11 bits per heavy atom. The second kappa shape index (κ2) is 3.50. The number of carboxylic acids is 1. The molecular formula is C10H10F2N2O4. The van der Waals surface area contributed by atoms with Gasteiger partial charge in [-0.3, -0.25) is 9.48 Å². The standard InChI is InChI=1S/C10H10F2N2O4/c1-14-3-5(6(13-14)7(15)18-2)9(8(16)17)4-10(9,11)12/h3H,4H2,1-2H3,(H,16,17). The van der Waals surface area contributed by atoms with Crippen molar-refractivity contribution >= 4 is 11.9 Å². The minimum atomic E-state index is -3.38. The van der Waals surface area contributed by atoms with Crippen molar-refractivity contribution in [2.75, 3.05) is 7.11 Å². The van der Waals surface area contributed by atoms with Gasteiger partial charge in [-0.25, -0.2) is 13.6 Å². The van der Waals surface area contributed by atoms with Crippen molar-refractivity contribution in [1.29, 1.82) is 0 Å². The number of carboxylic acid groups (broad SMARTS) is 1. The molecule has 1 aliphatic carbocycles. The van der Waals surface area contributed by atoms with Gasteiger partial charge in [0, 0.05) is 25.2 Å². The molecule has 1 aromatic rings. The van der Waals surface area contributed by atoms with E-state index in [1.54, 1.807) is 0 Å². The summed E-state index contributed by atoms with van der Waals surface area (Å²) in [6.45, 7) is 0. The minimum absolute atomic E-state index is 0.311. The van der Waals surface area contributed by atoms with E-state index in [0.717, 1.165) is 18.0 Å². The molecule has 1 fully saturated rings. The third-order valence-corrected chi connectivity index (χ3v) is 3.02. The third kappa shape index (κ3) is 1.41. The summed E-state index contributed by atoms with van der Waals surface area (Å²) in [5.41, 5.74) is -3.07. The largest absolute Gasteiger partial charge is 0.480 e. The summed E-state index contributed by atoms with van der Waals surface area (Å²) in [6.07, 6.45) is 0.270. The number of ether oxygens (including phenoxy) is 1. The van der Waals surface area contributed by atoms with E-state index in [9.17, 15) is 18.4 Å². The van der Waals surface area contributed by atoms with Crippen LogP contribution >= 0.6 is 0 Å². The highest BCUT2D eigenvalue weighted by molar-refractivity contribution is 5.95. The number of carbonyl (C=O) groups excluding carboxylic acids is 1. The number of rotatable bonds is 3. The highest BCUT2D eigenvalue weighted by Crippen LogP contribution is 2.62. The lowest BCUT2D eigenvalue weighted by Crippen LogP contribution is -2.28. The zero-order valence-electron chi connectivity index (χ0n) is 9.61. The van der Waals surface area contributed by atoms with Crippen LogP contribution in [0.4, 0.5) is 8.78 Å². The summed E-state index contributed by atoms with van der Waals surface area (Å²) in [7, 11) is 2.48. The number of halogens is 2. The molecule has 1 atom stereocenters. The molecule has 0 saturated heterocycles. The Hall–Kier alpha value is -1.99. The number of carbonyl (C=O) groups is 2. The summed E-state index contributed by atoms with van der Waals surface area (Å²) in [6, 6.07) is 0. The van der Waals surface area contributed by atoms with Crippen LogP contribution in [0.25, 0.3) is 0 Å². The maximum Gasteiger partial charge on any atom is 0.358 e. The number of aryl methyl sites for hydroxylation is 1. The number of hydrogen-bond acceptors (Lipinski definition) is 4. The minimum Gasteiger partial charge on any atom is -0.480 e. The number of hydrogen-bond donors (Lipinski definition) is 1. The van der Waals surface area contributed by atoms with Gasteiger partial charge in [0.2, 0.25) is 0 Å². The van der Waals surface area contributed by atoms with E-state index >= 15 is 0 Å². The zero-order chi connectivity index (χ0) is 13.7. The van der Waals surface area contributed by atoms with E-state index in [1.165, 1.54) is 7.05 Å². The zero-order valence-corrected chi connectivity index (χ0v) is 9.61.